The molecule has 1 unspecified atom stereocenters. The second kappa shape index (κ2) is 5.79. The molecule has 2 aromatic rings. The van der Waals surface area contributed by atoms with E-state index in [0.717, 1.165) is 0 Å². The summed E-state index contributed by atoms with van der Waals surface area (Å²) in [5, 5.41) is 9.80. The molecule has 0 aliphatic rings. The maximum Gasteiger partial charge on any atom is 0.229 e. The quantitative estimate of drug-likeness (QED) is 0.794. The van der Waals surface area contributed by atoms with Crippen LogP contribution in [0.1, 0.15) is 6.92 Å². The average Bonchev–Trinajstić information content (AvgIpc) is 2.71. The molecule has 0 bridgehead atoms. The highest BCUT2D eigenvalue weighted by atomic mass is 35.5. The number of hydrogen-bond acceptors (Lipinski definition) is 3. The lowest BCUT2D eigenvalue weighted by Crippen LogP contribution is -2.26. The lowest BCUT2D eigenvalue weighted by Gasteiger charge is -2.07. The molecule has 0 spiro atoms. The molecule has 1 atom stereocenters. The molecule has 0 aliphatic carbocycles. The first-order valence-corrected chi connectivity index (χ1v) is 5.26. The number of carbonyl (C=O) groups is 1. The highest BCUT2D eigenvalue weighted by Crippen LogP contribution is 2.21. The monoisotopic (exact) mass is 272 g/mol. The van der Waals surface area contributed by atoms with Gasteiger partial charge in [0, 0.05) is 17.8 Å². The fourth-order valence-corrected chi connectivity index (χ4v) is 1.43. The summed E-state index contributed by atoms with van der Waals surface area (Å²) in [4.78, 5) is 11.6. The van der Waals surface area contributed by atoms with E-state index in [1.807, 2.05) is 0 Å². The van der Waals surface area contributed by atoms with Gasteiger partial charge >= 0.3 is 0 Å². The first-order valence-electron chi connectivity index (χ1n) is 5.26. The molecular formula is C11H14ClFN4O. The Morgan fingerprint density at radius 3 is 3.00 bits per heavy atom. The summed E-state index contributed by atoms with van der Waals surface area (Å²) in [6.45, 7) is 1.97. The van der Waals surface area contributed by atoms with Crippen LogP contribution >= 0.6 is 12.4 Å². The lowest BCUT2D eigenvalue weighted by atomic mass is 10.1. The number of amides is 1. The molecule has 1 heterocycles. The Kier molecular flexibility index (Phi) is 4.63. The number of aromatic amines is 1. The molecule has 0 saturated carbocycles. The van der Waals surface area contributed by atoms with Gasteiger partial charge in [0.25, 0.3) is 0 Å². The van der Waals surface area contributed by atoms with E-state index < -0.39 is 0 Å². The number of nitrogens with zero attached hydrogens (tertiary/aromatic N) is 1. The van der Waals surface area contributed by atoms with Gasteiger partial charge in [-0.3, -0.25) is 9.89 Å². The maximum atomic E-state index is 13.1. The summed E-state index contributed by atoms with van der Waals surface area (Å²) in [6.07, 6.45) is 0. The average molecular weight is 273 g/mol. The Labute approximate surface area is 109 Å². The third-order valence-electron chi connectivity index (χ3n) is 2.57. The lowest BCUT2D eigenvalue weighted by molar-refractivity contribution is -0.119. The van der Waals surface area contributed by atoms with Gasteiger partial charge in [0.2, 0.25) is 5.91 Å². The fourth-order valence-electron chi connectivity index (χ4n) is 1.43. The van der Waals surface area contributed by atoms with Gasteiger partial charge in [-0.2, -0.15) is 5.10 Å². The van der Waals surface area contributed by atoms with Crippen molar-refractivity contribution in [3.8, 4) is 0 Å². The second-order valence-corrected chi connectivity index (χ2v) is 3.89. The number of fused-ring (bicyclic) bond motifs is 1. The SMILES string of the molecule is CC(CN)C(=O)Nc1n[nH]c2ccc(F)cc12.Cl. The molecular weight excluding hydrogens is 259 g/mol. The third kappa shape index (κ3) is 2.77. The Balaban J connectivity index is 0.00000162. The standard InChI is InChI=1S/C11H13FN4O.ClH/c1-6(5-13)11(17)14-10-8-4-7(12)2-3-9(8)15-16-10;/h2-4,6H,5,13H2,1H3,(H2,14,15,16,17);1H. The van der Waals surface area contributed by atoms with Crippen LogP contribution in [0.4, 0.5) is 10.2 Å². The Hall–Kier alpha value is -1.66. The predicted octanol–water partition coefficient (Wildman–Crippen LogP) is 1.66. The zero-order chi connectivity index (χ0) is 12.4. The Morgan fingerprint density at radius 1 is 1.61 bits per heavy atom. The summed E-state index contributed by atoms with van der Waals surface area (Å²) in [6, 6.07) is 4.22. The molecule has 18 heavy (non-hydrogen) atoms. The van der Waals surface area contributed by atoms with Gasteiger partial charge < -0.3 is 11.1 Å². The topological polar surface area (TPSA) is 83.8 Å². The van der Waals surface area contributed by atoms with E-state index in [9.17, 15) is 9.18 Å². The van der Waals surface area contributed by atoms with Crippen LogP contribution in [0.2, 0.25) is 0 Å². The van der Waals surface area contributed by atoms with Crippen molar-refractivity contribution in [2.24, 2.45) is 11.7 Å². The Morgan fingerprint density at radius 2 is 2.33 bits per heavy atom. The van der Waals surface area contributed by atoms with Crippen molar-refractivity contribution >= 4 is 35.0 Å². The summed E-state index contributed by atoms with van der Waals surface area (Å²) < 4.78 is 13.1. The molecule has 0 radical (unpaired) electrons. The Bertz CT molecular complexity index is 557. The van der Waals surface area contributed by atoms with Crippen LogP contribution in [-0.4, -0.2) is 22.6 Å². The van der Waals surface area contributed by atoms with E-state index in [-0.39, 0.29) is 36.6 Å². The van der Waals surface area contributed by atoms with E-state index in [1.165, 1.54) is 12.1 Å². The summed E-state index contributed by atoms with van der Waals surface area (Å²) in [5.74, 6) is -0.591. The van der Waals surface area contributed by atoms with Gasteiger partial charge in [0.15, 0.2) is 5.82 Å². The zero-order valence-corrected chi connectivity index (χ0v) is 10.6. The van der Waals surface area contributed by atoms with Crippen molar-refractivity contribution in [1.29, 1.82) is 0 Å². The van der Waals surface area contributed by atoms with E-state index in [2.05, 4.69) is 15.5 Å². The number of carbonyl (C=O) groups excluding carboxylic acids is 1. The molecule has 1 aromatic carbocycles. The summed E-state index contributed by atoms with van der Waals surface area (Å²) >= 11 is 0. The smallest absolute Gasteiger partial charge is 0.229 e. The molecule has 1 amide bonds. The minimum absolute atomic E-state index is 0. The minimum Gasteiger partial charge on any atom is -0.330 e. The molecule has 2 rings (SSSR count). The van der Waals surface area contributed by atoms with Crippen molar-refractivity contribution in [3.63, 3.8) is 0 Å². The van der Waals surface area contributed by atoms with Crippen LogP contribution in [0.3, 0.4) is 0 Å². The minimum atomic E-state index is -0.374. The van der Waals surface area contributed by atoms with E-state index >= 15 is 0 Å². The van der Waals surface area contributed by atoms with Crippen molar-refractivity contribution in [3.05, 3.63) is 24.0 Å². The number of hydrogen-bond donors (Lipinski definition) is 3. The molecule has 7 heteroatoms. The summed E-state index contributed by atoms with van der Waals surface area (Å²) in [5.41, 5.74) is 6.06. The first kappa shape index (κ1) is 14.4. The number of nitrogens with two attached hydrogens (primary N) is 1. The second-order valence-electron chi connectivity index (χ2n) is 3.89. The number of aromatic nitrogens is 2. The molecule has 98 valence electrons. The number of rotatable bonds is 3. The van der Waals surface area contributed by atoms with Crippen LogP contribution in [0.15, 0.2) is 18.2 Å². The van der Waals surface area contributed by atoms with Gasteiger partial charge in [-0.05, 0) is 18.2 Å². The molecule has 0 fully saturated rings. The molecule has 0 aliphatic heterocycles. The van der Waals surface area contributed by atoms with Crippen molar-refractivity contribution in [2.45, 2.75) is 6.92 Å². The van der Waals surface area contributed by atoms with Crippen molar-refractivity contribution < 1.29 is 9.18 Å². The van der Waals surface area contributed by atoms with E-state index in [0.29, 0.717) is 16.7 Å². The predicted molar refractivity (Wildman–Crippen MR) is 70.1 cm³/mol. The van der Waals surface area contributed by atoms with Crippen LogP contribution in [0.25, 0.3) is 10.9 Å². The van der Waals surface area contributed by atoms with E-state index in [4.69, 9.17) is 5.73 Å². The summed E-state index contributed by atoms with van der Waals surface area (Å²) in [7, 11) is 0. The third-order valence-corrected chi connectivity index (χ3v) is 2.57. The van der Waals surface area contributed by atoms with Crippen LogP contribution in [0.5, 0.6) is 0 Å². The van der Waals surface area contributed by atoms with Gasteiger partial charge in [-0.25, -0.2) is 4.39 Å². The normalized spacial score (nSPS) is 11.9. The van der Waals surface area contributed by atoms with E-state index in [1.54, 1.807) is 13.0 Å². The highest BCUT2D eigenvalue weighted by molar-refractivity contribution is 6.00. The van der Waals surface area contributed by atoms with Gasteiger partial charge in [0.05, 0.1) is 5.52 Å². The van der Waals surface area contributed by atoms with Crippen LogP contribution in [-0.2, 0) is 4.79 Å². The van der Waals surface area contributed by atoms with Crippen LogP contribution in [0, 0.1) is 11.7 Å². The van der Waals surface area contributed by atoms with Gasteiger partial charge in [-0.1, -0.05) is 6.92 Å². The van der Waals surface area contributed by atoms with Crippen molar-refractivity contribution in [2.75, 3.05) is 11.9 Å². The number of halogens is 2. The van der Waals surface area contributed by atoms with Crippen molar-refractivity contribution in [1.82, 2.24) is 10.2 Å². The maximum absolute atomic E-state index is 13.1. The molecule has 4 N–H and O–H groups in total. The first-order chi connectivity index (χ1) is 8.11. The number of nitrogens with one attached hydrogen (secondary N) is 2. The largest absolute Gasteiger partial charge is 0.330 e. The van der Waals surface area contributed by atoms with Gasteiger partial charge in [-0.15, -0.1) is 12.4 Å². The molecule has 5 nitrogen and oxygen atoms in total. The number of benzene rings is 1. The number of H-pyrrole nitrogens is 1. The highest BCUT2D eigenvalue weighted by Gasteiger charge is 2.14. The molecule has 1 aromatic heterocycles. The fraction of sp³-hybridized carbons (Fsp3) is 0.273. The van der Waals surface area contributed by atoms with Crippen LogP contribution < -0.4 is 11.1 Å². The van der Waals surface area contributed by atoms with Gasteiger partial charge in [0.1, 0.15) is 5.82 Å². The molecule has 0 saturated heterocycles. The zero-order valence-electron chi connectivity index (χ0n) is 9.74. The number of anilines is 1.